The summed E-state index contributed by atoms with van der Waals surface area (Å²) in [5.74, 6) is -1.59. The zero-order valence-corrected chi connectivity index (χ0v) is 16.2. The number of rotatable bonds is 7. The fourth-order valence-electron chi connectivity index (χ4n) is 2.05. The number of nitrogens with one attached hydrogen (secondary N) is 1. The van der Waals surface area contributed by atoms with Gasteiger partial charge in [0.05, 0.1) is 4.91 Å². The van der Waals surface area contributed by atoms with Gasteiger partial charge < -0.3 is 10.4 Å². The number of thioether (sulfide) groups is 1. The van der Waals surface area contributed by atoms with E-state index in [2.05, 4.69) is 21.2 Å². The molecule has 1 fully saturated rings. The minimum absolute atomic E-state index is 0.0172. The molecule has 1 saturated heterocycles. The molecule has 0 spiro atoms. The van der Waals surface area contributed by atoms with Crippen LogP contribution >= 0.6 is 39.9 Å². The molecule has 2 rings (SSSR count). The molecular weight excluding hydrogens is 428 g/mol. The van der Waals surface area contributed by atoms with E-state index in [1.54, 1.807) is 6.08 Å². The van der Waals surface area contributed by atoms with Crippen LogP contribution < -0.4 is 5.32 Å². The first-order chi connectivity index (χ1) is 11.9. The van der Waals surface area contributed by atoms with Gasteiger partial charge in [-0.05, 0) is 30.2 Å². The molecule has 1 aromatic rings. The van der Waals surface area contributed by atoms with Gasteiger partial charge in [0, 0.05) is 17.4 Å². The number of hydrogen-bond donors (Lipinski definition) is 2. The van der Waals surface area contributed by atoms with Gasteiger partial charge in [-0.2, -0.15) is 0 Å². The van der Waals surface area contributed by atoms with E-state index in [0.29, 0.717) is 15.6 Å². The first-order valence-electron chi connectivity index (χ1n) is 7.36. The summed E-state index contributed by atoms with van der Waals surface area (Å²) in [5, 5.41) is 11.1. The summed E-state index contributed by atoms with van der Waals surface area (Å²) in [6.07, 6.45) is 2.05. The molecule has 0 radical (unpaired) electrons. The number of carbonyl (C=O) groups excluding carboxylic acids is 2. The van der Waals surface area contributed by atoms with Crippen LogP contribution in [0.5, 0.6) is 0 Å². The second kappa shape index (κ2) is 9.12. The van der Waals surface area contributed by atoms with Gasteiger partial charge in [0.25, 0.3) is 5.91 Å². The van der Waals surface area contributed by atoms with Crippen LogP contribution in [0, 0.1) is 0 Å². The smallest absolute Gasteiger partial charge is 0.303 e. The van der Waals surface area contributed by atoms with Crippen molar-refractivity contribution in [3.8, 4) is 0 Å². The topological polar surface area (TPSA) is 86.7 Å². The molecule has 2 amide bonds. The number of halogens is 1. The molecule has 132 valence electrons. The lowest BCUT2D eigenvalue weighted by molar-refractivity contribution is -0.137. The van der Waals surface area contributed by atoms with Crippen LogP contribution in [-0.2, 0) is 14.4 Å². The molecule has 0 aromatic heterocycles. The van der Waals surface area contributed by atoms with E-state index in [-0.39, 0.29) is 31.3 Å². The fraction of sp³-hybridized carbons (Fsp3) is 0.250. The van der Waals surface area contributed by atoms with Crippen molar-refractivity contribution in [2.45, 2.75) is 12.8 Å². The molecule has 0 bridgehead atoms. The number of amides is 2. The Kier molecular flexibility index (Phi) is 7.15. The second-order valence-corrected chi connectivity index (χ2v) is 7.76. The van der Waals surface area contributed by atoms with Crippen LogP contribution in [-0.4, -0.2) is 45.2 Å². The summed E-state index contributed by atoms with van der Waals surface area (Å²) in [4.78, 5) is 36.5. The summed E-state index contributed by atoms with van der Waals surface area (Å²) < 4.78 is 1.23. The minimum atomic E-state index is -0.913. The summed E-state index contributed by atoms with van der Waals surface area (Å²) in [5.41, 5.74) is 0.855. The predicted octanol–water partition coefficient (Wildman–Crippen LogP) is 2.63. The molecule has 1 aliphatic heterocycles. The Morgan fingerprint density at radius 1 is 1.40 bits per heavy atom. The molecule has 1 heterocycles. The minimum Gasteiger partial charge on any atom is -0.481 e. The molecule has 25 heavy (non-hydrogen) atoms. The van der Waals surface area contributed by atoms with E-state index >= 15 is 0 Å². The summed E-state index contributed by atoms with van der Waals surface area (Å²) in [6, 6.07) is 7.49. The average Bonchev–Trinajstić information content (AvgIpc) is 2.79. The van der Waals surface area contributed by atoms with Crippen LogP contribution in [0.1, 0.15) is 18.4 Å². The third-order valence-corrected chi connectivity index (χ3v) is 5.08. The number of carboxylic acid groups (broad SMARTS) is 1. The molecule has 0 unspecified atom stereocenters. The van der Waals surface area contributed by atoms with Gasteiger partial charge in [0.2, 0.25) is 5.91 Å². The van der Waals surface area contributed by atoms with Gasteiger partial charge >= 0.3 is 5.97 Å². The summed E-state index contributed by atoms with van der Waals surface area (Å²) in [6.45, 7) is 0.0708. The van der Waals surface area contributed by atoms with E-state index in [1.165, 1.54) is 4.90 Å². The highest BCUT2D eigenvalue weighted by atomic mass is 79.9. The maximum Gasteiger partial charge on any atom is 0.303 e. The van der Waals surface area contributed by atoms with E-state index < -0.39 is 5.97 Å². The summed E-state index contributed by atoms with van der Waals surface area (Å²) in [7, 11) is 0. The lowest BCUT2D eigenvalue weighted by atomic mass is 10.2. The Balaban J connectivity index is 1.94. The van der Waals surface area contributed by atoms with Gasteiger partial charge in [0.15, 0.2) is 0 Å². The first kappa shape index (κ1) is 19.6. The molecule has 1 aromatic carbocycles. The zero-order valence-electron chi connectivity index (χ0n) is 13.0. The predicted molar refractivity (Wildman–Crippen MR) is 104 cm³/mol. The molecule has 0 aliphatic carbocycles. The SMILES string of the molecule is O=C(O)CCCNC(=O)CN1C(=O)/C(=C/c2cccc(Br)c2)SC1=S. The van der Waals surface area contributed by atoms with Gasteiger partial charge in [-0.15, -0.1) is 0 Å². The van der Waals surface area contributed by atoms with Crippen molar-refractivity contribution < 1.29 is 19.5 Å². The van der Waals surface area contributed by atoms with Crippen molar-refractivity contribution in [1.82, 2.24) is 10.2 Å². The molecule has 2 N–H and O–H groups in total. The van der Waals surface area contributed by atoms with Crippen LogP contribution in [0.3, 0.4) is 0 Å². The largest absolute Gasteiger partial charge is 0.481 e. The second-order valence-electron chi connectivity index (χ2n) is 5.17. The van der Waals surface area contributed by atoms with E-state index in [1.807, 2.05) is 24.3 Å². The van der Waals surface area contributed by atoms with E-state index in [0.717, 1.165) is 21.8 Å². The molecule has 6 nitrogen and oxygen atoms in total. The Hall–Kier alpha value is -1.71. The number of benzene rings is 1. The highest BCUT2D eigenvalue weighted by molar-refractivity contribution is 9.10. The normalized spacial score (nSPS) is 15.7. The standard InChI is InChI=1S/C16H15BrN2O4S2/c17-11-4-1-3-10(7-11)8-12-15(23)19(16(24)25-12)9-13(20)18-6-2-5-14(21)22/h1,3-4,7-8H,2,5-6,9H2,(H,18,20)(H,21,22)/b12-8-. The van der Waals surface area contributed by atoms with Gasteiger partial charge in [-0.3, -0.25) is 19.3 Å². The number of nitrogens with zero attached hydrogens (tertiary/aromatic N) is 1. The van der Waals surface area contributed by atoms with Gasteiger partial charge in [-0.1, -0.05) is 52.0 Å². The molecular formula is C16H15BrN2O4S2. The molecule has 0 atom stereocenters. The van der Waals surface area contributed by atoms with Crippen molar-refractivity contribution >= 4 is 68.1 Å². The summed E-state index contributed by atoms with van der Waals surface area (Å²) >= 11 is 9.71. The van der Waals surface area contributed by atoms with Crippen LogP contribution in [0.4, 0.5) is 0 Å². The van der Waals surface area contributed by atoms with Gasteiger partial charge in [-0.25, -0.2) is 0 Å². The Labute approximate surface area is 162 Å². The third kappa shape index (κ3) is 5.94. The lowest BCUT2D eigenvalue weighted by Gasteiger charge is -2.13. The Morgan fingerprint density at radius 3 is 2.84 bits per heavy atom. The average molecular weight is 443 g/mol. The number of carboxylic acids is 1. The Bertz CT molecular complexity index is 751. The quantitative estimate of drug-likeness (QED) is 0.383. The molecule has 1 aliphatic rings. The van der Waals surface area contributed by atoms with E-state index in [4.69, 9.17) is 17.3 Å². The van der Waals surface area contributed by atoms with Crippen LogP contribution in [0.2, 0.25) is 0 Å². The molecule has 0 saturated carbocycles. The third-order valence-electron chi connectivity index (χ3n) is 3.21. The zero-order chi connectivity index (χ0) is 18.4. The Morgan fingerprint density at radius 2 is 2.16 bits per heavy atom. The van der Waals surface area contributed by atoms with Gasteiger partial charge in [0.1, 0.15) is 10.9 Å². The van der Waals surface area contributed by atoms with Crippen LogP contribution in [0.25, 0.3) is 6.08 Å². The highest BCUT2D eigenvalue weighted by Gasteiger charge is 2.33. The molecule has 9 heteroatoms. The lowest BCUT2D eigenvalue weighted by Crippen LogP contribution is -2.39. The van der Waals surface area contributed by atoms with Crippen molar-refractivity contribution in [3.05, 3.63) is 39.2 Å². The monoisotopic (exact) mass is 442 g/mol. The van der Waals surface area contributed by atoms with Crippen molar-refractivity contribution in [3.63, 3.8) is 0 Å². The first-order valence-corrected chi connectivity index (χ1v) is 9.38. The van der Waals surface area contributed by atoms with Crippen LogP contribution in [0.15, 0.2) is 33.6 Å². The number of carbonyl (C=O) groups is 3. The van der Waals surface area contributed by atoms with E-state index in [9.17, 15) is 14.4 Å². The fourth-order valence-corrected chi connectivity index (χ4v) is 3.72. The number of thiocarbonyl (C=S) groups is 1. The van der Waals surface area contributed by atoms with Crippen molar-refractivity contribution in [2.75, 3.05) is 13.1 Å². The van der Waals surface area contributed by atoms with Crippen molar-refractivity contribution in [2.24, 2.45) is 0 Å². The number of hydrogen-bond acceptors (Lipinski definition) is 5. The maximum atomic E-state index is 12.4. The number of aliphatic carboxylic acids is 1. The van der Waals surface area contributed by atoms with Crippen molar-refractivity contribution in [1.29, 1.82) is 0 Å². The highest BCUT2D eigenvalue weighted by Crippen LogP contribution is 2.32. The maximum absolute atomic E-state index is 12.4.